The highest BCUT2D eigenvalue weighted by Gasteiger charge is 2.14. The van der Waals surface area contributed by atoms with E-state index in [0.717, 1.165) is 10.7 Å². The molecule has 0 bridgehead atoms. The first-order chi connectivity index (χ1) is 11.0. The maximum Gasteiger partial charge on any atom is 0.223 e. The van der Waals surface area contributed by atoms with Crippen LogP contribution in [0.4, 0.5) is 0 Å². The minimum Gasteiger partial charge on any atom is -0.340 e. The van der Waals surface area contributed by atoms with Gasteiger partial charge in [-0.1, -0.05) is 44.2 Å². The number of ketones is 1. The van der Waals surface area contributed by atoms with E-state index in [1.54, 1.807) is 35.4 Å². The van der Waals surface area contributed by atoms with Crippen LogP contribution in [0.2, 0.25) is 0 Å². The molecule has 1 amide bonds. The number of amides is 1. The van der Waals surface area contributed by atoms with Crippen molar-refractivity contribution >= 4 is 23.0 Å². The van der Waals surface area contributed by atoms with Crippen molar-refractivity contribution in [2.24, 2.45) is 0 Å². The Morgan fingerprint density at radius 3 is 2.48 bits per heavy atom. The van der Waals surface area contributed by atoms with Crippen molar-refractivity contribution in [2.45, 2.75) is 39.2 Å². The average Bonchev–Trinajstić information content (AvgIpc) is 3.01. The molecule has 0 saturated heterocycles. The van der Waals surface area contributed by atoms with Gasteiger partial charge in [-0.05, 0) is 0 Å². The molecule has 0 spiro atoms. The number of carbonyl (C=O) groups is 2. The molecule has 0 atom stereocenters. The number of carbonyl (C=O) groups excluding carboxylic acids is 2. The lowest BCUT2D eigenvalue weighted by atomic mass is 10.1. The largest absolute Gasteiger partial charge is 0.340 e. The summed E-state index contributed by atoms with van der Waals surface area (Å²) in [4.78, 5) is 30.4. The number of thiazole rings is 1. The van der Waals surface area contributed by atoms with E-state index >= 15 is 0 Å². The fraction of sp³-hybridized carbons (Fsp3) is 0.389. The monoisotopic (exact) mass is 330 g/mol. The molecule has 0 N–H and O–H groups in total. The lowest BCUT2D eigenvalue weighted by molar-refractivity contribution is -0.130. The first-order valence-corrected chi connectivity index (χ1v) is 8.62. The fourth-order valence-corrected chi connectivity index (χ4v) is 3.00. The molecular formula is C18H22N2O2S. The lowest BCUT2D eigenvalue weighted by Gasteiger charge is -2.15. The molecule has 0 fully saturated rings. The molecule has 0 radical (unpaired) electrons. The normalized spacial score (nSPS) is 10.8. The maximum atomic E-state index is 12.2. The van der Waals surface area contributed by atoms with Crippen LogP contribution in [0.15, 0.2) is 35.7 Å². The highest BCUT2D eigenvalue weighted by molar-refractivity contribution is 7.09. The van der Waals surface area contributed by atoms with E-state index in [1.165, 1.54) is 0 Å². The van der Waals surface area contributed by atoms with E-state index in [9.17, 15) is 9.59 Å². The Balaban J connectivity index is 1.84. The standard InChI is InChI=1S/C18H22N2O2S/c1-13(2)18-19-15(12-23-18)11-20(3)17(22)10-9-16(21)14-7-5-4-6-8-14/h4-8,12-13H,9-11H2,1-3H3. The first kappa shape index (κ1) is 17.3. The predicted octanol–water partition coefficient (Wildman–Crippen LogP) is 3.89. The van der Waals surface area contributed by atoms with Crippen molar-refractivity contribution in [3.05, 3.63) is 52.0 Å². The Hall–Kier alpha value is -2.01. The minimum atomic E-state index is -0.0339. The van der Waals surface area contributed by atoms with Gasteiger partial charge in [-0.2, -0.15) is 0 Å². The Morgan fingerprint density at radius 1 is 1.17 bits per heavy atom. The third kappa shape index (κ3) is 4.99. The van der Waals surface area contributed by atoms with Gasteiger partial charge in [0.05, 0.1) is 17.2 Å². The summed E-state index contributed by atoms with van der Waals surface area (Å²) in [6.45, 7) is 4.70. The summed E-state index contributed by atoms with van der Waals surface area (Å²) in [5.41, 5.74) is 1.56. The zero-order chi connectivity index (χ0) is 16.8. The lowest BCUT2D eigenvalue weighted by Crippen LogP contribution is -2.26. The minimum absolute atomic E-state index is 0.00287. The summed E-state index contributed by atoms with van der Waals surface area (Å²) in [6, 6.07) is 9.08. The molecule has 1 heterocycles. The van der Waals surface area contributed by atoms with Crippen LogP contribution in [0.3, 0.4) is 0 Å². The molecule has 2 rings (SSSR count). The fourth-order valence-electron chi connectivity index (χ4n) is 2.17. The SMILES string of the molecule is CC(C)c1nc(CN(C)C(=O)CCC(=O)c2ccccc2)cs1. The van der Waals surface area contributed by atoms with Crippen molar-refractivity contribution in [1.29, 1.82) is 0 Å². The van der Waals surface area contributed by atoms with E-state index in [-0.39, 0.29) is 24.5 Å². The highest BCUT2D eigenvalue weighted by atomic mass is 32.1. The Labute approximate surface area is 141 Å². The molecule has 1 aromatic heterocycles. The van der Waals surface area contributed by atoms with Gasteiger partial charge in [-0.25, -0.2) is 4.98 Å². The van der Waals surface area contributed by atoms with Gasteiger partial charge in [-0.3, -0.25) is 9.59 Å². The highest BCUT2D eigenvalue weighted by Crippen LogP contribution is 2.20. The van der Waals surface area contributed by atoms with E-state index in [0.29, 0.717) is 18.0 Å². The number of rotatable bonds is 7. The molecular weight excluding hydrogens is 308 g/mol. The summed E-state index contributed by atoms with van der Waals surface area (Å²) >= 11 is 1.62. The number of hydrogen-bond acceptors (Lipinski definition) is 4. The number of Topliss-reactive ketones (excluding diaryl/α,β-unsaturated/α-hetero) is 1. The summed E-state index contributed by atoms with van der Waals surface area (Å²) in [5, 5.41) is 3.08. The second kappa shape index (κ2) is 8.02. The third-order valence-electron chi connectivity index (χ3n) is 3.55. The van der Waals surface area contributed by atoms with Crippen LogP contribution >= 0.6 is 11.3 Å². The number of nitrogens with zero attached hydrogens (tertiary/aromatic N) is 2. The van der Waals surface area contributed by atoms with E-state index in [1.807, 2.05) is 23.6 Å². The molecule has 5 heteroatoms. The van der Waals surface area contributed by atoms with Gasteiger partial charge in [0.25, 0.3) is 0 Å². The van der Waals surface area contributed by atoms with E-state index in [2.05, 4.69) is 18.8 Å². The summed E-state index contributed by atoms with van der Waals surface area (Å²) in [7, 11) is 1.75. The van der Waals surface area contributed by atoms with Crippen LogP contribution in [0.5, 0.6) is 0 Å². The van der Waals surface area contributed by atoms with Crippen LogP contribution in [-0.2, 0) is 11.3 Å². The number of hydrogen-bond donors (Lipinski definition) is 0. The van der Waals surface area contributed by atoms with E-state index < -0.39 is 0 Å². The quantitative estimate of drug-likeness (QED) is 0.724. The molecule has 0 aliphatic carbocycles. The van der Waals surface area contributed by atoms with Gasteiger partial charge in [0.2, 0.25) is 5.91 Å². The zero-order valence-corrected chi connectivity index (χ0v) is 14.6. The molecule has 0 unspecified atom stereocenters. The molecule has 2 aromatic rings. The molecule has 0 saturated carbocycles. The second-order valence-corrected chi connectivity index (χ2v) is 6.76. The first-order valence-electron chi connectivity index (χ1n) is 7.74. The number of aromatic nitrogens is 1. The van der Waals surface area contributed by atoms with Gasteiger partial charge in [0.1, 0.15) is 0 Å². The van der Waals surface area contributed by atoms with Gasteiger partial charge < -0.3 is 4.90 Å². The van der Waals surface area contributed by atoms with Crippen LogP contribution in [0.1, 0.15) is 53.7 Å². The predicted molar refractivity (Wildman–Crippen MR) is 92.7 cm³/mol. The Kier molecular flexibility index (Phi) is 6.04. The third-order valence-corrected chi connectivity index (χ3v) is 4.74. The van der Waals surface area contributed by atoms with Crippen molar-refractivity contribution in [2.75, 3.05) is 7.05 Å². The maximum absolute atomic E-state index is 12.2. The number of benzene rings is 1. The zero-order valence-electron chi connectivity index (χ0n) is 13.8. The summed E-state index contributed by atoms with van der Waals surface area (Å²) in [6.07, 6.45) is 0.465. The molecule has 4 nitrogen and oxygen atoms in total. The van der Waals surface area contributed by atoms with Gasteiger partial charge in [-0.15, -0.1) is 11.3 Å². The summed E-state index contributed by atoms with van der Waals surface area (Å²) < 4.78 is 0. The van der Waals surface area contributed by atoms with Crippen LogP contribution in [-0.4, -0.2) is 28.6 Å². The second-order valence-electron chi connectivity index (χ2n) is 5.87. The van der Waals surface area contributed by atoms with Crippen molar-refractivity contribution < 1.29 is 9.59 Å². The molecule has 1 aromatic carbocycles. The van der Waals surface area contributed by atoms with Gasteiger partial charge in [0, 0.05) is 36.8 Å². The molecule has 0 aliphatic heterocycles. The Bertz CT molecular complexity index is 665. The van der Waals surface area contributed by atoms with Crippen LogP contribution in [0.25, 0.3) is 0 Å². The van der Waals surface area contributed by atoms with Crippen LogP contribution < -0.4 is 0 Å². The smallest absolute Gasteiger partial charge is 0.223 e. The van der Waals surface area contributed by atoms with E-state index in [4.69, 9.17) is 0 Å². The molecule has 122 valence electrons. The van der Waals surface area contributed by atoms with Crippen molar-refractivity contribution in [3.63, 3.8) is 0 Å². The summed E-state index contributed by atoms with van der Waals surface area (Å²) in [5.74, 6) is 0.370. The molecule has 0 aliphatic rings. The van der Waals surface area contributed by atoms with Gasteiger partial charge in [0.15, 0.2) is 5.78 Å². The van der Waals surface area contributed by atoms with Gasteiger partial charge >= 0.3 is 0 Å². The van der Waals surface area contributed by atoms with Crippen molar-refractivity contribution in [3.8, 4) is 0 Å². The topological polar surface area (TPSA) is 50.3 Å². The Morgan fingerprint density at radius 2 is 1.87 bits per heavy atom. The average molecular weight is 330 g/mol. The molecule has 23 heavy (non-hydrogen) atoms. The van der Waals surface area contributed by atoms with Crippen molar-refractivity contribution in [1.82, 2.24) is 9.88 Å². The van der Waals surface area contributed by atoms with Crippen LogP contribution in [0, 0.1) is 0 Å².